The molecule has 1 aromatic carbocycles. The predicted octanol–water partition coefficient (Wildman–Crippen LogP) is 4.08. The number of rotatable bonds is 5. The molecule has 0 saturated heterocycles. The molecule has 0 aliphatic rings. The Morgan fingerprint density at radius 2 is 1.89 bits per heavy atom. The number of hydrogen-bond acceptors (Lipinski definition) is 2. The van der Waals surface area contributed by atoms with Crippen LogP contribution in [-0.2, 0) is 5.41 Å². The minimum Gasteiger partial charge on any atom is -0.492 e. The summed E-state index contributed by atoms with van der Waals surface area (Å²) in [6.45, 7) is 7.08. The first kappa shape index (κ1) is 14.1. The summed E-state index contributed by atoms with van der Waals surface area (Å²) in [5, 5.41) is 0. The molecule has 0 N–H and O–H groups in total. The van der Waals surface area contributed by atoms with Crippen LogP contribution in [0.25, 0.3) is 5.69 Å². The molecule has 0 saturated carbocycles. The Kier molecular flexibility index (Phi) is 4.25. The van der Waals surface area contributed by atoms with Crippen LogP contribution in [-0.4, -0.2) is 16.9 Å². The van der Waals surface area contributed by atoms with Crippen LogP contribution in [0, 0.1) is 0 Å². The van der Waals surface area contributed by atoms with Crippen LogP contribution in [0.4, 0.5) is 0 Å². The molecule has 19 heavy (non-hydrogen) atoms. The minimum atomic E-state index is -0.00565. The topological polar surface area (TPSA) is 14.2 Å². The van der Waals surface area contributed by atoms with E-state index in [0.717, 1.165) is 17.2 Å². The molecule has 1 aromatic heterocycles. The molecule has 3 heteroatoms. The van der Waals surface area contributed by atoms with Crippen LogP contribution in [0.3, 0.4) is 0 Å². The van der Waals surface area contributed by atoms with E-state index in [0.29, 0.717) is 6.61 Å². The Hall–Kier alpha value is -1.35. The van der Waals surface area contributed by atoms with E-state index in [-0.39, 0.29) is 5.41 Å². The molecular weight excluding hydrogens is 254 g/mol. The van der Waals surface area contributed by atoms with Gasteiger partial charge in [0.25, 0.3) is 0 Å². The van der Waals surface area contributed by atoms with Gasteiger partial charge in [-0.05, 0) is 19.1 Å². The molecule has 2 aromatic rings. The molecule has 0 aliphatic carbocycles. The largest absolute Gasteiger partial charge is 0.492 e. The van der Waals surface area contributed by atoms with Crippen molar-refractivity contribution in [2.75, 3.05) is 12.4 Å². The summed E-state index contributed by atoms with van der Waals surface area (Å²) in [4.78, 5) is 0. The third-order valence-corrected chi connectivity index (χ3v) is 4.02. The maximum absolute atomic E-state index is 5.64. The molecule has 0 spiro atoms. The molecule has 0 bridgehead atoms. The standard InChI is InChI=1S/C16H21NOS/c1-4-18-14-10-15(16(2,3)12-19)17(11-14)13-8-6-5-7-9-13/h5-11,19H,4,12H2,1-3H3. The normalized spacial score (nSPS) is 11.6. The van der Waals surface area contributed by atoms with Gasteiger partial charge in [-0.1, -0.05) is 32.0 Å². The number of benzene rings is 1. The fraction of sp³-hybridized carbons (Fsp3) is 0.375. The molecule has 102 valence electrons. The van der Waals surface area contributed by atoms with Gasteiger partial charge in [0, 0.05) is 28.6 Å². The Labute approximate surface area is 120 Å². The Balaban J connectivity index is 2.52. The number of ether oxygens (including phenoxy) is 1. The summed E-state index contributed by atoms with van der Waals surface area (Å²) < 4.78 is 7.84. The highest BCUT2D eigenvalue weighted by molar-refractivity contribution is 7.80. The zero-order valence-electron chi connectivity index (χ0n) is 11.8. The van der Waals surface area contributed by atoms with Gasteiger partial charge < -0.3 is 9.30 Å². The monoisotopic (exact) mass is 275 g/mol. The van der Waals surface area contributed by atoms with Crippen LogP contribution in [0.1, 0.15) is 26.5 Å². The number of thiol groups is 1. The van der Waals surface area contributed by atoms with E-state index in [4.69, 9.17) is 4.74 Å². The molecule has 0 atom stereocenters. The SMILES string of the molecule is CCOc1cc(C(C)(C)CS)n(-c2ccccc2)c1. The highest BCUT2D eigenvalue weighted by atomic mass is 32.1. The van der Waals surface area contributed by atoms with Gasteiger partial charge in [0.05, 0.1) is 12.8 Å². The van der Waals surface area contributed by atoms with Crippen molar-refractivity contribution in [1.29, 1.82) is 0 Å². The first-order valence-corrected chi connectivity index (χ1v) is 7.23. The summed E-state index contributed by atoms with van der Waals surface area (Å²) in [7, 11) is 0. The third kappa shape index (κ3) is 2.98. The maximum atomic E-state index is 5.64. The zero-order valence-corrected chi connectivity index (χ0v) is 12.7. The summed E-state index contributed by atoms with van der Waals surface area (Å²) in [5.41, 5.74) is 2.37. The highest BCUT2D eigenvalue weighted by Crippen LogP contribution is 2.31. The second-order valence-electron chi connectivity index (χ2n) is 5.24. The van der Waals surface area contributed by atoms with E-state index in [2.05, 4.69) is 55.4 Å². The van der Waals surface area contributed by atoms with Gasteiger partial charge >= 0.3 is 0 Å². The van der Waals surface area contributed by atoms with Gasteiger partial charge in [-0.15, -0.1) is 0 Å². The lowest BCUT2D eigenvalue weighted by molar-refractivity contribution is 0.340. The Bertz CT molecular complexity index is 531. The molecule has 1 heterocycles. The van der Waals surface area contributed by atoms with E-state index in [1.165, 1.54) is 5.69 Å². The summed E-state index contributed by atoms with van der Waals surface area (Å²) in [5.74, 6) is 1.70. The molecular formula is C16H21NOS. The van der Waals surface area contributed by atoms with E-state index in [9.17, 15) is 0 Å². The van der Waals surface area contributed by atoms with Gasteiger partial charge in [0.15, 0.2) is 0 Å². The zero-order chi connectivity index (χ0) is 13.9. The third-order valence-electron chi connectivity index (χ3n) is 3.23. The van der Waals surface area contributed by atoms with Crippen molar-refractivity contribution in [3.8, 4) is 11.4 Å². The molecule has 0 radical (unpaired) electrons. The quantitative estimate of drug-likeness (QED) is 0.812. The molecule has 2 nitrogen and oxygen atoms in total. The van der Waals surface area contributed by atoms with Crippen molar-refractivity contribution in [3.05, 3.63) is 48.3 Å². The van der Waals surface area contributed by atoms with Crippen LogP contribution < -0.4 is 4.74 Å². The second-order valence-corrected chi connectivity index (χ2v) is 5.56. The first-order valence-electron chi connectivity index (χ1n) is 6.60. The summed E-state index contributed by atoms with van der Waals surface area (Å²) in [6, 6.07) is 12.5. The number of para-hydroxylation sites is 1. The smallest absolute Gasteiger partial charge is 0.137 e. The van der Waals surface area contributed by atoms with Gasteiger partial charge in [-0.25, -0.2) is 0 Å². The highest BCUT2D eigenvalue weighted by Gasteiger charge is 2.24. The van der Waals surface area contributed by atoms with Gasteiger partial charge in [-0.3, -0.25) is 0 Å². The molecule has 0 fully saturated rings. The molecule has 2 rings (SSSR count). The maximum Gasteiger partial charge on any atom is 0.137 e. The van der Waals surface area contributed by atoms with E-state index in [1.54, 1.807) is 0 Å². The summed E-state index contributed by atoms with van der Waals surface area (Å²) in [6.07, 6.45) is 2.05. The number of nitrogens with zero attached hydrogens (tertiary/aromatic N) is 1. The fourth-order valence-electron chi connectivity index (χ4n) is 2.09. The van der Waals surface area contributed by atoms with Crippen molar-refractivity contribution in [1.82, 2.24) is 4.57 Å². The van der Waals surface area contributed by atoms with Crippen molar-refractivity contribution >= 4 is 12.6 Å². The number of aromatic nitrogens is 1. The lowest BCUT2D eigenvalue weighted by Crippen LogP contribution is -2.22. The van der Waals surface area contributed by atoms with Gasteiger partial charge in [0.2, 0.25) is 0 Å². The van der Waals surface area contributed by atoms with E-state index >= 15 is 0 Å². The van der Waals surface area contributed by atoms with Crippen molar-refractivity contribution in [3.63, 3.8) is 0 Å². The van der Waals surface area contributed by atoms with Crippen LogP contribution in [0.5, 0.6) is 5.75 Å². The average molecular weight is 275 g/mol. The van der Waals surface area contributed by atoms with Crippen molar-refractivity contribution < 1.29 is 4.74 Å². The lowest BCUT2D eigenvalue weighted by atomic mass is 9.91. The van der Waals surface area contributed by atoms with Crippen molar-refractivity contribution in [2.45, 2.75) is 26.2 Å². The van der Waals surface area contributed by atoms with Crippen LogP contribution in [0.15, 0.2) is 42.6 Å². The minimum absolute atomic E-state index is 0.00565. The van der Waals surface area contributed by atoms with E-state index in [1.807, 2.05) is 25.1 Å². The Morgan fingerprint density at radius 1 is 1.21 bits per heavy atom. The molecule has 0 aliphatic heterocycles. The Morgan fingerprint density at radius 3 is 2.47 bits per heavy atom. The first-order chi connectivity index (χ1) is 9.08. The second kappa shape index (κ2) is 5.74. The van der Waals surface area contributed by atoms with Crippen LogP contribution >= 0.6 is 12.6 Å². The fourth-order valence-corrected chi connectivity index (χ4v) is 2.25. The number of hydrogen-bond donors (Lipinski definition) is 1. The predicted molar refractivity (Wildman–Crippen MR) is 83.8 cm³/mol. The summed E-state index contributed by atoms with van der Waals surface area (Å²) >= 11 is 4.48. The average Bonchev–Trinajstić information content (AvgIpc) is 2.85. The molecule has 0 unspecified atom stereocenters. The van der Waals surface area contributed by atoms with E-state index < -0.39 is 0 Å². The lowest BCUT2D eigenvalue weighted by Gasteiger charge is -2.24. The van der Waals surface area contributed by atoms with Crippen LogP contribution in [0.2, 0.25) is 0 Å². The van der Waals surface area contributed by atoms with Crippen molar-refractivity contribution in [2.24, 2.45) is 0 Å². The van der Waals surface area contributed by atoms with Gasteiger partial charge in [0.1, 0.15) is 5.75 Å². The van der Waals surface area contributed by atoms with Gasteiger partial charge in [-0.2, -0.15) is 12.6 Å². The molecule has 0 amide bonds.